The molecule has 126 valence electrons. The van der Waals surface area contributed by atoms with Crippen LogP contribution in [0.4, 0.5) is 0 Å². The highest BCUT2D eigenvalue weighted by Crippen LogP contribution is 2.08. The van der Waals surface area contributed by atoms with Gasteiger partial charge in [-0.25, -0.2) is 0 Å². The Bertz CT molecular complexity index is 224. The number of hydrogen-bond acceptors (Lipinski definition) is 4. The average Bonchev–Trinajstić information content (AvgIpc) is 2.49. The van der Waals surface area contributed by atoms with E-state index in [2.05, 4.69) is 22.9 Å². The third kappa shape index (κ3) is 17.8. The molecule has 0 aromatic rings. The molecule has 0 saturated carbocycles. The zero-order chi connectivity index (χ0) is 15.6. The van der Waals surface area contributed by atoms with Gasteiger partial charge < -0.3 is 14.2 Å². The van der Waals surface area contributed by atoms with E-state index in [1.807, 2.05) is 0 Å². The predicted molar refractivity (Wildman–Crippen MR) is 89.0 cm³/mol. The number of carbonyl (C=O) groups is 1. The minimum absolute atomic E-state index is 0.109. The first-order chi connectivity index (χ1) is 10.3. The predicted octanol–water partition coefficient (Wildman–Crippen LogP) is 4.10. The minimum atomic E-state index is -0.109. The second kappa shape index (κ2) is 17.9. The lowest BCUT2D eigenvalue weighted by molar-refractivity contribution is -0.145. The Morgan fingerprint density at radius 3 is 2.05 bits per heavy atom. The number of rotatable bonds is 16. The van der Waals surface area contributed by atoms with Gasteiger partial charge in [0, 0.05) is 11.8 Å². The van der Waals surface area contributed by atoms with Gasteiger partial charge in [-0.2, -0.15) is 0 Å². The number of esters is 1. The molecule has 0 N–H and O–H groups in total. The topological polar surface area (TPSA) is 44.8 Å². The van der Waals surface area contributed by atoms with Crippen molar-refractivity contribution in [1.29, 1.82) is 0 Å². The second-order valence-corrected chi connectivity index (χ2v) is 5.80. The Morgan fingerprint density at radius 1 is 0.810 bits per heavy atom. The van der Waals surface area contributed by atoms with Gasteiger partial charge in [0.25, 0.3) is 0 Å². The fourth-order valence-corrected chi connectivity index (χ4v) is 2.12. The normalized spacial score (nSPS) is 10.8. The summed E-state index contributed by atoms with van der Waals surface area (Å²) in [4.78, 5) is 11.4. The summed E-state index contributed by atoms with van der Waals surface area (Å²) in [6.07, 6.45) is 9.02. The van der Waals surface area contributed by atoms with Crippen LogP contribution in [0.3, 0.4) is 0 Å². The van der Waals surface area contributed by atoms with Crippen LogP contribution < -0.4 is 0 Å². The van der Waals surface area contributed by atoms with Crippen LogP contribution in [0.15, 0.2) is 0 Å². The first kappa shape index (κ1) is 20.9. The molecule has 0 unspecified atom stereocenters. The molecule has 0 aliphatic heterocycles. The van der Waals surface area contributed by atoms with E-state index in [-0.39, 0.29) is 5.97 Å². The summed E-state index contributed by atoms with van der Waals surface area (Å²) in [5.74, 6) is -0.109. The quantitative estimate of drug-likeness (QED) is 0.234. The average molecular weight is 367 g/mol. The van der Waals surface area contributed by atoms with Crippen LogP contribution in [0.25, 0.3) is 0 Å². The lowest BCUT2D eigenvalue weighted by atomic mass is 10.1. The van der Waals surface area contributed by atoms with Crippen molar-refractivity contribution in [2.45, 2.75) is 58.3 Å². The number of ether oxygens (including phenoxy) is 3. The van der Waals surface area contributed by atoms with Gasteiger partial charge in [0.1, 0.15) is 6.61 Å². The van der Waals surface area contributed by atoms with Gasteiger partial charge in [0.05, 0.1) is 26.4 Å². The van der Waals surface area contributed by atoms with E-state index >= 15 is 0 Å². The maximum atomic E-state index is 11.4. The number of alkyl halides is 1. The zero-order valence-corrected chi connectivity index (χ0v) is 15.0. The molecule has 0 amide bonds. The molecular weight excluding hydrogens is 336 g/mol. The minimum Gasteiger partial charge on any atom is -0.463 e. The molecule has 5 heteroatoms. The highest BCUT2D eigenvalue weighted by atomic mass is 79.9. The van der Waals surface area contributed by atoms with E-state index < -0.39 is 0 Å². The van der Waals surface area contributed by atoms with Gasteiger partial charge in [-0.3, -0.25) is 4.79 Å². The third-order valence-corrected chi connectivity index (χ3v) is 3.39. The fourth-order valence-electron chi connectivity index (χ4n) is 1.89. The molecule has 0 rings (SSSR count). The third-order valence-electron chi connectivity index (χ3n) is 3.07. The van der Waals surface area contributed by atoms with E-state index in [0.717, 1.165) is 18.2 Å². The van der Waals surface area contributed by atoms with Crippen molar-refractivity contribution in [3.05, 3.63) is 0 Å². The molecule has 0 aliphatic carbocycles. The van der Waals surface area contributed by atoms with Crippen LogP contribution in [-0.4, -0.2) is 44.3 Å². The first-order valence-corrected chi connectivity index (χ1v) is 9.30. The second-order valence-electron chi connectivity index (χ2n) is 5.01. The molecule has 0 bridgehead atoms. The Kier molecular flexibility index (Phi) is 17.8. The van der Waals surface area contributed by atoms with Crippen LogP contribution in [-0.2, 0) is 19.0 Å². The van der Waals surface area contributed by atoms with Gasteiger partial charge in [-0.1, -0.05) is 61.4 Å². The summed E-state index contributed by atoms with van der Waals surface area (Å²) in [6.45, 7) is 4.82. The van der Waals surface area contributed by atoms with E-state index in [4.69, 9.17) is 14.2 Å². The molecule has 21 heavy (non-hydrogen) atoms. The largest absolute Gasteiger partial charge is 0.463 e. The van der Waals surface area contributed by atoms with Gasteiger partial charge in [-0.05, 0) is 6.42 Å². The van der Waals surface area contributed by atoms with Crippen molar-refractivity contribution in [2.24, 2.45) is 0 Å². The molecule has 0 saturated heterocycles. The highest BCUT2D eigenvalue weighted by Gasteiger charge is 2.02. The van der Waals surface area contributed by atoms with Gasteiger partial charge in [0.15, 0.2) is 0 Å². The Hall–Kier alpha value is -0.130. The van der Waals surface area contributed by atoms with Gasteiger partial charge in [0.2, 0.25) is 0 Å². The van der Waals surface area contributed by atoms with Crippen molar-refractivity contribution in [3.63, 3.8) is 0 Å². The highest BCUT2D eigenvalue weighted by molar-refractivity contribution is 9.09. The molecule has 0 heterocycles. The SMILES string of the molecule is CCCCCCCCCC(=O)OCCOCCOCCBr. The van der Waals surface area contributed by atoms with Crippen molar-refractivity contribution >= 4 is 21.9 Å². The summed E-state index contributed by atoms with van der Waals surface area (Å²) in [7, 11) is 0. The Balaban J connectivity index is 3.13. The first-order valence-electron chi connectivity index (χ1n) is 8.18. The summed E-state index contributed by atoms with van der Waals surface area (Å²) in [5, 5.41) is 0.837. The Labute approximate surface area is 138 Å². The van der Waals surface area contributed by atoms with Crippen LogP contribution in [0.1, 0.15) is 58.3 Å². The van der Waals surface area contributed by atoms with Crippen LogP contribution in [0, 0.1) is 0 Å². The molecule has 0 radical (unpaired) electrons. The van der Waals surface area contributed by atoms with Crippen molar-refractivity contribution < 1.29 is 19.0 Å². The van der Waals surface area contributed by atoms with Gasteiger partial charge in [-0.15, -0.1) is 0 Å². The van der Waals surface area contributed by atoms with E-state index in [9.17, 15) is 4.79 Å². The number of carbonyl (C=O) groups excluding carboxylic acids is 1. The standard InChI is InChI=1S/C16H31BrO4/c1-2-3-4-5-6-7-8-9-16(18)21-15-14-20-13-12-19-11-10-17/h2-15H2,1H3. The zero-order valence-electron chi connectivity index (χ0n) is 13.4. The lowest BCUT2D eigenvalue weighted by Crippen LogP contribution is -2.13. The summed E-state index contributed by atoms with van der Waals surface area (Å²) >= 11 is 3.28. The summed E-state index contributed by atoms with van der Waals surface area (Å²) < 4.78 is 15.6. The van der Waals surface area contributed by atoms with Crippen molar-refractivity contribution in [3.8, 4) is 0 Å². The van der Waals surface area contributed by atoms with E-state index in [1.54, 1.807) is 0 Å². The summed E-state index contributed by atoms with van der Waals surface area (Å²) in [5.41, 5.74) is 0. The molecular formula is C16H31BrO4. The summed E-state index contributed by atoms with van der Waals surface area (Å²) in [6, 6.07) is 0. The molecule has 0 aromatic heterocycles. The molecule has 0 aliphatic rings. The van der Waals surface area contributed by atoms with Crippen LogP contribution >= 0.6 is 15.9 Å². The number of halogens is 1. The maximum absolute atomic E-state index is 11.4. The number of hydrogen-bond donors (Lipinski definition) is 0. The van der Waals surface area contributed by atoms with Crippen molar-refractivity contribution in [2.75, 3.05) is 38.4 Å². The van der Waals surface area contributed by atoms with Crippen LogP contribution in [0.2, 0.25) is 0 Å². The smallest absolute Gasteiger partial charge is 0.305 e. The Morgan fingerprint density at radius 2 is 1.38 bits per heavy atom. The van der Waals surface area contributed by atoms with Crippen LogP contribution in [0.5, 0.6) is 0 Å². The number of unbranched alkanes of at least 4 members (excludes halogenated alkanes) is 6. The maximum Gasteiger partial charge on any atom is 0.305 e. The van der Waals surface area contributed by atoms with E-state index in [1.165, 1.54) is 32.1 Å². The fraction of sp³-hybridized carbons (Fsp3) is 0.938. The lowest BCUT2D eigenvalue weighted by Gasteiger charge is -2.06. The van der Waals surface area contributed by atoms with Gasteiger partial charge >= 0.3 is 5.97 Å². The van der Waals surface area contributed by atoms with E-state index in [0.29, 0.717) is 39.5 Å². The molecule has 0 fully saturated rings. The molecule has 0 aromatic carbocycles. The monoisotopic (exact) mass is 366 g/mol. The molecule has 0 spiro atoms. The van der Waals surface area contributed by atoms with Crippen molar-refractivity contribution in [1.82, 2.24) is 0 Å². The molecule has 0 atom stereocenters. The molecule has 4 nitrogen and oxygen atoms in total.